The van der Waals surface area contributed by atoms with Gasteiger partial charge in [0.25, 0.3) is 0 Å². The van der Waals surface area contributed by atoms with E-state index in [1.54, 1.807) is 18.2 Å². The SMILES string of the molecule is CN1c2cc(Cl)ccc2Oc2cc(Cl)c(Cl)cc21. The van der Waals surface area contributed by atoms with Gasteiger partial charge in [0.1, 0.15) is 0 Å². The Bertz CT molecular complexity index is 642. The topological polar surface area (TPSA) is 12.5 Å². The van der Waals surface area contributed by atoms with Crippen LogP contribution in [-0.2, 0) is 0 Å². The summed E-state index contributed by atoms with van der Waals surface area (Å²) in [4.78, 5) is 1.97. The first-order valence-electron chi connectivity index (χ1n) is 5.26. The monoisotopic (exact) mass is 299 g/mol. The fraction of sp³-hybridized carbons (Fsp3) is 0.0769. The van der Waals surface area contributed by atoms with Crippen LogP contribution in [0.15, 0.2) is 30.3 Å². The molecule has 18 heavy (non-hydrogen) atoms. The summed E-state index contributed by atoms with van der Waals surface area (Å²) >= 11 is 18.0. The second-order valence-electron chi connectivity index (χ2n) is 4.01. The highest BCUT2D eigenvalue weighted by Gasteiger charge is 2.23. The normalized spacial score (nSPS) is 12.8. The molecular formula is C13H8Cl3NO. The van der Waals surface area contributed by atoms with E-state index in [0.717, 1.165) is 17.1 Å². The van der Waals surface area contributed by atoms with Gasteiger partial charge in [-0.05, 0) is 24.3 Å². The van der Waals surface area contributed by atoms with E-state index in [2.05, 4.69) is 0 Å². The van der Waals surface area contributed by atoms with Crippen LogP contribution in [0.1, 0.15) is 0 Å². The maximum atomic E-state index is 6.03. The van der Waals surface area contributed by atoms with Gasteiger partial charge in [0.05, 0.1) is 21.4 Å². The highest BCUT2D eigenvalue weighted by atomic mass is 35.5. The lowest BCUT2D eigenvalue weighted by Gasteiger charge is -2.30. The molecule has 92 valence electrons. The van der Waals surface area contributed by atoms with Gasteiger partial charge in [-0.1, -0.05) is 34.8 Å². The van der Waals surface area contributed by atoms with Crippen molar-refractivity contribution in [1.82, 2.24) is 0 Å². The second-order valence-corrected chi connectivity index (χ2v) is 5.26. The van der Waals surface area contributed by atoms with Crippen molar-refractivity contribution in [2.75, 3.05) is 11.9 Å². The number of rotatable bonds is 0. The third-order valence-corrected chi connectivity index (χ3v) is 3.82. The molecule has 2 aromatic carbocycles. The molecule has 0 saturated carbocycles. The Balaban J connectivity index is 2.19. The molecule has 1 heterocycles. The van der Waals surface area contributed by atoms with Gasteiger partial charge in [0.15, 0.2) is 11.5 Å². The van der Waals surface area contributed by atoms with Crippen LogP contribution in [0.3, 0.4) is 0 Å². The first kappa shape index (κ1) is 12.0. The van der Waals surface area contributed by atoms with Crippen LogP contribution in [-0.4, -0.2) is 7.05 Å². The summed E-state index contributed by atoms with van der Waals surface area (Å²) in [7, 11) is 1.93. The van der Waals surface area contributed by atoms with Gasteiger partial charge in [-0.2, -0.15) is 0 Å². The zero-order valence-electron chi connectivity index (χ0n) is 9.38. The molecule has 0 spiro atoms. The summed E-state index contributed by atoms with van der Waals surface area (Å²) in [5.41, 5.74) is 1.76. The molecule has 0 atom stereocenters. The molecule has 0 saturated heterocycles. The predicted molar refractivity (Wildman–Crippen MR) is 76.1 cm³/mol. The maximum absolute atomic E-state index is 6.03. The molecule has 1 aliphatic heterocycles. The Labute approximate surface area is 120 Å². The lowest BCUT2D eigenvalue weighted by atomic mass is 10.2. The third kappa shape index (κ3) is 1.81. The van der Waals surface area contributed by atoms with Gasteiger partial charge in [0, 0.05) is 18.1 Å². The number of hydrogen-bond donors (Lipinski definition) is 0. The Morgan fingerprint density at radius 1 is 0.889 bits per heavy atom. The number of benzene rings is 2. The molecule has 0 aliphatic carbocycles. The number of hydrogen-bond acceptors (Lipinski definition) is 2. The number of anilines is 2. The van der Waals surface area contributed by atoms with Crippen LogP contribution in [0.2, 0.25) is 15.1 Å². The maximum Gasteiger partial charge on any atom is 0.152 e. The molecule has 0 bridgehead atoms. The van der Waals surface area contributed by atoms with E-state index in [-0.39, 0.29) is 0 Å². The highest BCUT2D eigenvalue weighted by Crippen LogP contribution is 2.48. The largest absolute Gasteiger partial charge is 0.453 e. The summed E-state index contributed by atoms with van der Waals surface area (Å²) in [6, 6.07) is 8.97. The van der Waals surface area contributed by atoms with Crippen molar-refractivity contribution < 1.29 is 4.74 Å². The van der Waals surface area contributed by atoms with E-state index in [1.807, 2.05) is 24.1 Å². The predicted octanol–water partition coefficient (Wildman–Crippen LogP) is 5.52. The van der Waals surface area contributed by atoms with Gasteiger partial charge < -0.3 is 9.64 Å². The first-order chi connectivity index (χ1) is 8.56. The lowest BCUT2D eigenvalue weighted by Crippen LogP contribution is -2.15. The van der Waals surface area contributed by atoms with Crippen molar-refractivity contribution in [2.45, 2.75) is 0 Å². The molecule has 5 heteroatoms. The van der Waals surface area contributed by atoms with E-state index in [1.165, 1.54) is 0 Å². The number of halogens is 3. The minimum absolute atomic E-state index is 0.473. The molecule has 0 N–H and O–H groups in total. The van der Waals surface area contributed by atoms with Crippen molar-refractivity contribution in [2.24, 2.45) is 0 Å². The molecule has 0 amide bonds. The number of ether oxygens (including phenoxy) is 1. The Kier molecular flexibility index (Phi) is 2.81. The van der Waals surface area contributed by atoms with Crippen molar-refractivity contribution >= 4 is 46.2 Å². The van der Waals surface area contributed by atoms with Crippen LogP contribution in [0.25, 0.3) is 0 Å². The van der Waals surface area contributed by atoms with Crippen LogP contribution in [0, 0.1) is 0 Å². The molecule has 2 aromatic rings. The Hall–Kier alpha value is -1.09. The zero-order valence-corrected chi connectivity index (χ0v) is 11.6. The van der Waals surface area contributed by atoms with E-state index < -0.39 is 0 Å². The van der Waals surface area contributed by atoms with Gasteiger partial charge in [-0.25, -0.2) is 0 Å². The Morgan fingerprint density at radius 3 is 2.33 bits per heavy atom. The summed E-state index contributed by atoms with van der Waals surface area (Å²) in [5.74, 6) is 1.43. The van der Waals surface area contributed by atoms with Gasteiger partial charge in [-0.3, -0.25) is 0 Å². The minimum Gasteiger partial charge on any atom is -0.453 e. The fourth-order valence-electron chi connectivity index (χ4n) is 1.95. The molecule has 0 aromatic heterocycles. The van der Waals surface area contributed by atoms with Crippen molar-refractivity contribution in [3.05, 3.63) is 45.4 Å². The van der Waals surface area contributed by atoms with Gasteiger partial charge in [0.2, 0.25) is 0 Å². The summed E-state index contributed by atoms with van der Waals surface area (Å²) in [6.07, 6.45) is 0. The second kappa shape index (κ2) is 4.23. The minimum atomic E-state index is 0.473. The van der Waals surface area contributed by atoms with Crippen molar-refractivity contribution in [3.63, 3.8) is 0 Å². The summed E-state index contributed by atoms with van der Waals surface area (Å²) in [6.45, 7) is 0. The molecular weight excluding hydrogens is 293 g/mol. The van der Waals surface area contributed by atoms with E-state index >= 15 is 0 Å². The first-order valence-corrected chi connectivity index (χ1v) is 6.40. The van der Waals surface area contributed by atoms with Crippen molar-refractivity contribution in [1.29, 1.82) is 0 Å². The van der Waals surface area contributed by atoms with Crippen LogP contribution in [0.5, 0.6) is 11.5 Å². The van der Waals surface area contributed by atoms with Gasteiger partial charge in [-0.15, -0.1) is 0 Å². The standard InChI is InChI=1S/C13H8Cl3NO/c1-17-10-4-7(14)2-3-12(10)18-13-6-9(16)8(15)5-11(13)17/h2-6H,1H3. The van der Waals surface area contributed by atoms with E-state index in [4.69, 9.17) is 39.5 Å². The fourth-order valence-corrected chi connectivity index (χ4v) is 2.43. The number of fused-ring (bicyclic) bond motifs is 2. The average molecular weight is 301 g/mol. The zero-order chi connectivity index (χ0) is 12.9. The molecule has 0 unspecified atom stereocenters. The highest BCUT2D eigenvalue weighted by molar-refractivity contribution is 6.42. The lowest BCUT2D eigenvalue weighted by molar-refractivity contribution is 0.475. The van der Waals surface area contributed by atoms with E-state index in [9.17, 15) is 0 Å². The summed E-state index contributed by atoms with van der Waals surface area (Å²) in [5, 5.41) is 1.63. The smallest absolute Gasteiger partial charge is 0.152 e. The van der Waals surface area contributed by atoms with Crippen LogP contribution in [0.4, 0.5) is 11.4 Å². The van der Waals surface area contributed by atoms with E-state index in [0.29, 0.717) is 20.8 Å². The Morgan fingerprint density at radius 2 is 1.56 bits per heavy atom. The van der Waals surface area contributed by atoms with Crippen LogP contribution < -0.4 is 9.64 Å². The molecule has 0 radical (unpaired) electrons. The average Bonchev–Trinajstić information content (AvgIpc) is 2.33. The number of nitrogens with zero attached hydrogens (tertiary/aromatic N) is 1. The van der Waals surface area contributed by atoms with Crippen LogP contribution >= 0.6 is 34.8 Å². The third-order valence-electron chi connectivity index (χ3n) is 2.87. The van der Waals surface area contributed by atoms with Crippen molar-refractivity contribution in [3.8, 4) is 11.5 Å². The molecule has 3 rings (SSSR count). The summed E-state index contributed by atoms with van der Waals surface area (Å²) < 4.78 is 5.80. The molecule has 1 aliphatic rings. The van der Waals surface area contributed by atoms with Gasteiger partial charge >= 0.3 is 0 Å². The molecule has 0 fully saturated rings. The quantitative estimate of drug-likeness (QED) is 0.635. The molecule has 2 nitrogen and oxygen atoms in total.